The van der Waals surface area contributed by atoms with Crippen molar-refractivity contribution in [3.8, 4) is 5.75 Å². The number of amides is 3. The highest BCUT2D eigenvalue weighted by Crippen LogP contribution is 2.20. The van der Waals surface area contributed by atoms with Gasteiger partial charge in [0, 0.05) is 13.0 Å². The number of phenols is 1. The third kappa shape index (κ3) is 8.78. The number of carboxylic acid groups (broad SMARTS) is 1. The van der Waals surface area contributed by atoms with Gasteiger partial charge in [-0.05, 0) is 68.3 Å². The largest absolute Gasteiger partial charge is 0.508 e. The lowest BCUT2D eigenvalue weighted by Gasteiger charge is -2.29. The summed E-state index contributed by atoms with van der Waals surface area (Å²) in [5, 5.41) is 24.4. The van der Waals surface area contributed by atoms with E-state index < -0.39 is 42.0 Å². The number of likely N-dealkylation sites (tertiary alicyclic amines) is 1. The molecular formula is C29H39N5O6. The van der Waals surface area contributed by atoms with Gasteiger partial charge in [0.1, 0.15) is 23.9 Å². The van der Waals surface area contributed by atoms with Crippen LogP contribution in [0.5, 0.6) is 5.75 Å². The Morgan fingerprint density at radius 1 is 0.925 bits per heavy atom. The monoisotopic (exact) mass is 553 g/mol. The molecule has 0 radical (unpaired) electrons. The molecule has 0 spiro atoms. The summed E-state index contributed by atoms with van der Waals surface area (Å²) in [6, 6.07) is 11.6. The fourth-order valence-electron chi connectivity index (χ4n) is 4.84. The number of carbonyl (C=O) groups excluding carboxylic acids is 3. The number of nitrogens with one attached hydrogen (secondary N) is 2. The molecule has 0 saturated carbocycles. The molecule has 2 aromatic carbocycles. The van der Waals surface area contributed by atoms with E-state index >= 15 is 0 Å². The smallest absolute Gasteiger partial charge is 0.326 e. The highest BCUT2D eigenvalue weighted by molar-refractivity contribution is 5.94. The molecule has 11 nitrogen and oxygen atoms in total. The number of hydrogen-bond donors (Lipinski definition) is 6. The van der Waals surface area contributed by atoms with Crippen LogP contribution in [0.25, 0.3) is 0 Å². The first-order valence-corrected chi connectivity index (χ1v) is 13.6. The molecular weight excluding hydrogens is 514 g/mol. The van der Waals surface area contributed by atoms with Gasteiger partial charge in [-0.2, -0.15) is 0 Å². The zero-order valence-electron chi connectivity index (χ0n) is 22.5. The van der Waals surface area contributed by atoms with Crippen molar-refractivity contribution in [1.82, 2.24) is 15.5 Å². The number of aliphatic carboxylic acids is 1. The Bertz CT molecular complexity index is 1140. The first-order chi connectivity index (χ1) is 19.2. The van der Waals surface area contributed by atoms with E-state index in [9.17, 15) is 29.4 Å². The molecule has 1 saturated heterocycles. The lowest BCUT2D eigenvalue weighted by atomic mass is 10.0. The molecule has 4 unspecified atom stereocenters. The first-order valence-electron chi connectivity index (χ1n) is 13.6. The van der Waals surface area contributed by atoms with Crippen LogP contribution in [0, 0.1) is 0 Å². The van der Waals surface area contributed by atoms with E-state index in [0.29, 0.717) is 38.8 Å². The van der Waals surface area contributed by atoms with Crippen molar-refractivity contribution in [3.63, 3.8) is 0 Å². The quantitative estimate of drug-likeness (QED) is 0.184. The van der Waals surface area contributed by atoms with Crippen LogP contribution in [0.1, 0.15) is 43.2 Å². The number of phenolic OH excluding ortho intramolecular Hbond substituents is 1. The Morgan fingerprint density at radius 3 is 2.25 bits per heavy atom. The summed E-state index contributed by atoms with van der Waals surface area (Å²) in [6.07, 6.45) is 2.79. The van der Waals surface area contributed by atoms with Crippen LogP contribution in [0.4, 0.5) is 0 Å². The predicted octanol–water partition coefficient (Wildman–Crippen LogP) is 0.679. The number of carboxylic acids is 1. The highest BCUT2D eigenvalue weighted by atomic mass is 16.4. The van der Waals surface area contributed by atoms with Crippen molar-refractivity contribution in [2.45, 2.75) is 69.1 Å². The highest BCUT2D eigenvalue weighted by Gasteiger charge is 2.38. The molecule has 1 aliphatic rings. The summed E-state index contributed by atoms with van der Waals surface area (Å²) in [5.41, 5.74) is 13.3. The molecule has 8 N–H and O–H groups in total. The Labute approximate surface area is 233 Å². The van der Waals surface area contributed by atoms with Crippen molar-refractivity contribution < 1.29 is 29.4 Å². The van der Waals surface area contributed by atoms with Crippen molar-refractivity contribution in [2.75, 3.05) is 13.1 Å². The normalized spacial score (nSPS) is 17.1. The van der Waals surface area contributed by atoms with Gasteiger partial charge in [0.05, 0.1) is 6.04 Å². The standard InChI is InChI=1S/C29H39N5O6/c30-15-5-4-9-23(29(39)40)32-26(36)24(18-19-7-2-1-3-8-19)33-27(37)25-10-6-16-34(25)28(38)22(31)17-20-11-13-21(35)14-12-20/h1-3,7-8,11-14,22-25,35H,4-6,9-10,15-18,30-31H2,(H,32,36)(H,33,37)(H,39,40). The van der Waals surface area contributed by atoms with Gasteiger partial charge >= 0.3 is 5.97 Å². The van der Waals surface area contributed by atoms with E-state index in [0.717, 1.165) is 11.1 Å². The molecule has 40 heavy (non-hydrogen) atoms. The summed E-state index contributed by atoms with van der Waals surface area (Å²) in [6.45, 7) is 0.778. The fraction of sp³-hybridized carbons (Fsp3) is 0.448. The van der Waals surface area contributed by atoms with E-state index in [1.54, 1.807) is 12.1 Å². The van der Waals surface area contributed by atoms with Gasteiger partial charge in [0.15, 0.2) is 0 Å². The van der Waals surface area contributed by atoms with Gasteiger partial charge in [-0.3, -0.25) is 14.4 Å². The fourth-order valence-corrected chi connectivity index (χ4v) is 4.84. The van der Waals surface area contributed by atoms with Crippen LogP contribution in [-0.2, 0) is 32.0 Å². The van der Waals surface area contributed by atoms with E-state index in [-0.39, 0.29) is 30.9 Å². The van der Waals surface area contributed by atoms with Crippen molar-refractivity contribution >= 4 is 23.7 Å². The molecule has 1 heterocycles. The second-order valence-electron chi connectivity index (χ2n) is 10.1. The number of rotatable bonds is 14. The maximum absolute atomic E-state index is 13.4. The first kappa shape index (κ1) is 30.6. The third-order valence-electron chi connectivity index (χ3n) is 7.02. The van der Waals surface area contributed by atoms with Crippen LogP contribution in [-0.4, -0.2) is 76.1 Å². The molecule has 0 aromatic heterocycles. The van der Waals surface area contributed by atoms with Crippen LogP contribution >= 0.6 is 0 Å². The number of aromatic hydroxyl groups is 1. The maximum Gasteiger partial charge on any atom is 0.326 e. The minimum Gasteiger partial charge on any atom is -0.508 e. The molecule has 11 heteroatoms. The van der Waals surface area contributed by atoms with Crippen LogP contribution in [0.2, 0.25) is 0 Å². The number of carbonyl (C=O) groups is 4. The zero-order chi connectivity index (χ0) is 29.1. The van der Waals surface area contributed by atoms with Crippen molar-refractivity contribution in [2.24, 2.45) is 11.5 Å². The molecule has 1 fully saturated rings. The van der Waals surface area contributed by atoms with Gasteiger partial charge in [0.2, 0.25) is 17.7 Å². The van der Waals surface area contributed by atoms with Gasteiger partial charge in [-0.1, -0.05) is 42.5 Å². The molecule has 0 bridgehead atoms. The van der Waals surface area contributed by atoms with Gasteiger partial charge < -0.3 is 37.2 Å². The molecule has 4 atom stereocenters. The number of nitrogens with zero attached hydrogens (tertiary/aromatic N) is 1. The number of benzene rings is 2. The second-order valence-corrected chi connectivity index (χ2v) is 10.1. The SMILES string of the molecule is NCCCCC(NC(=O)C(Cc1ccccc1)NC(=O)C1CCCN1C(=O)C(N)Cc1ccc(O)cc1)C(=O)O. The van der Waals surface area contributed by atoms with E-state index in [1.165, 1.54) is 17.0 Å². The zero-order valence-corrected chi connectivity index (χ0v) is 22.5. The average Bonchev–Trinajstić information content (AvgIpc) is 3.43. The Balaban J connectivity index is 1.71. The molecule has 216 valence electrons. The molecule has 0 aliphatic carbocycles. The lowest BCUT2D eigenvalue weighted by molar-refractivity contribution is -0.143. The predicted molar refractivity (Wildman–Crippen MR) is 149 cm³/mol. The lowest BCUT2D eigenvalue weighted by Crippen LogP contribution is -2.57. The average molecular weight is 554 g/mol. The van der Waals surface area contributed by atoms with Gasteiger partial charge in [0.25, 0.3) is 0 Å². The van der Waals surface area contributed by atoms with E-state index in [2.05, 4.69) is 10.6 Å². The Kier molecular flexibility index (Phi) is 11.5. The number of hydrogen-bond acceptors (Lipinski definition) is 7. The van der Waals surface area contributed by atoms with Crippen LogP contribution < -0.4 is 22.1 Å². The molecule has 1 aliphatic heterocycles. The minimum absolute atomic E-state index is 0.110. The number of nitrogens with two attached hydrogens (primary N) is 2. The van der Waals surface area contributed by atoms with Gasteiger partial charge in [-0.25, -0.2) is 4.79 Å². The molecule has 3 amide bonds. The van der Waals surface area contributed by atoms with Crippen LogP contribution in [0.15, 0.2) is 54.6 Å². The maximum atomic E-state index is 13.4. The molecule has 3 rings (SSSR count). The summed E-state index contributed by atoms with van der Waals surface area (Å²) in [5.74, 6) is -2.53. The summed E-state index contributed by atoms with van der Waals surface area (Å²) < 4.78 is 0. The van der Waals surface area contributed by atoms with Gasteiger partial charge in [-0.15, -0.1) is 0 Å². The third-order valence-corrected chi connectivity index (χ3v) is 7.02. The summed E-state index contributed by atoms with van der Waals surface area (Å²) in [7, 11) is 0. The van der Waals surface area contributed by atoms with Crippen molar-refractivity contribution in [3.05, 3.63) is 65.7 Å². The number of unbranched alkanes of at least 4 members (excludes halogenated alkanes) is 1. The summed E-state index contributed by atoms with van der Waals surface area (Å²) in [4.78, 5) is 53.1. The summed E-state index contributed by atoms with van der Waals surface area (Å²) >= 11 is 0. The minimum atomic E-state index is -1.16. The molecule has 2 aromatic rings. The second kappa shape index (κ2) is 15.0. The van der Waals surface area contributed by atoms with Crippen LogP contribution in [0.3, 0.4) is 0 Å². The Hall–Kier alpha value is -3.96. The van der Waals surface area contributed by atoms with E-state index in [1.807, 2.05) is 30.3 Å². The Morgan fingerprint density at radius 2 is 1.60 bits per heavy atom. The topological polar surface area (TPSA) is 188 Å². The van der Waals surface area contributed by atoms with E-state index in [4.69, 9.17) is 11.5 Å². The van der Waals surface area contributed by atoms with Crippen molar-refractivity contribution in [1.29, 1.82) is 0 Å².